The van der Waals surface area contributed by atoms with Gasteiger partial charge in [-0.2, -0.15) is 4.39 Å². The molecule has 0 saturated heterocycles. The molecule has 0 bridgehead atoms. The first kappa shape index (κ1) is 20.2. The highest BCUT2D eigenvalue weighted by atomic mass is 19.1. The zero-order valence-corrected chi connectivity index (χ0v) is 17.1. The van der Waals surface area contributed by atoms with Crippen LogP contribution in [0.15, 0.2) is 47.7 Å². The Bertz CT molecular complexity index is 1340. The number of ether oxygens (including phenoxy) is 1. The van der Waals surface area contributed by atoms with Gasteiger partial charge < -0.3 is 15.8 Å². The van der Waals surface area contributed by atoms with E-state index >= 15 is 0 Å². The first-order valence-corrected chi connectivity index (χ1v) is 9.51. The Hall–Kier alpha value is -4.08. The van der Waals surface area contributed by atoms with Crippen LogP contribution in [0.5, 0.6) is 11.5 Å². The van der Waals surface area contributed by atoms with Gasteiger partial charge in [-0.05, 0) is 32.0 Å². The van der Waals surface area contributed by atoms with Crippen LogP contribution in [0.3, 0.4) is 0 Å². The second kappa shape index (κ2) is 7.98. The van der Waals surface area contributed by atoms with Crippen molar-refractivity contribution in [3.05, 3.63) is 59.0 Å². The summed E-state index contributed by atoms with van der Waals surface area (Å²) in [5, 5.41) is 3.78. The molecule has 9 nitrogen and oxygen atoms in total. The lowest BCUT2D eigenvalue weighted by atomic mass is 10.2. The molecule has 4 heterocycles. The average molecular weight is 421 g/mol. The summed E-state index contributed by atoms with van der Waals surface area (Å²) in [5.41, 5.74) is 6.45. The van der Waals surface area contributed by atoms with Crippen molar-refractivity contribution in [2.75, 3.05) is 11.1 Å². The van der Waals surface area contributed by atoms with E-state index in [1.165, 1.54) is 29.2 Å². The lowest BCUT2D eigenvalue weighted by Crippen LogP contribution is -2.25. The van der Waals surface area contributed by atoms with Gasteiger partial charge in [0.1, 0.15) is 5.75 Å². The first-order chi connectivity index (χ1) is 14.8. The van der Waals surface area contributed by atoms with Crippen LogP contribution in [0.2, 0.25) is 0 Å². The minimum atomic E-state index is -0.741. The second-order valence-corrected chi connectivity index (χ2v) is 7.18. The fourth-order valence-electron chi connectivity index (χ4n) is 2.96. The molecule has 3 N–H and O–H groups in total. The maximum atomic E-state index is 14.0. The predicted octanol–water partition coefficient (Wildman–Crippen LogP) is 3.12. The van der Waals surface area contributed by atoms with Crippen molar-refractivity contribution in [3.63, 3.8) is 0 Å². The summed E-state index contributed by atoms with van der Waals surface area (Å²) in [6, 6.07) is 6.64. The molecular formula is C21H20FN7O2. The zero-order valence-electron chi connectivity index (χ0n) is 17.1. The Balaban J connectivity index is 1.67. The smallest absolute Gasteiger partial charge is 0.264 e. The van der Waals surface area contributed by atoms with Crippen LogP contribution in [0.4, 0.5) is 16.2 Å². The number of anilines is 2. The maximum absolute atomic E-state index is 14.0. The van der Waals surface area contributed by atoms with E-state index in [0.29, 0.717) is 34.0 Å². The minimum Gasteiger partial charge on any atom is -0.452 e. The van der Waals surface area contributed by atoms with Crippen LogP contribution < -0.4 is 21.3 Å². The van der Waals surface area contributed by atoms with Crippen molar-refractivity contribution in [2.24, 2.45) is 7.05 Å². The lowest BCUT2D eigenvalue weighted by Gasteiger charge is -2.13. The summed E-state index contributed by atoms with van der Waals surface area (Å²) in [6.07, 6.45) is 4.27. The van der Waals surface area contributed by atoms with E-state index in [1.54, 1.807) is 25.2 Å². The summed E-state index contributed by atoms with van der Waals surface area (Å²) < 4.78 is 21.0. The second-order valence-electron chi connectivity index (χ2n) is 7.18. The number of aromatic nitrogens is 5. The number of hydrogen-bond acceptors (Lipinski definition) is 8. The molecule has 0 aliphatic carbocycles. The van der Waals surface area contributed by atoms with E-state index in [2.05, 4.69) is 25.3 Å². The van der Waals surface area contributed by atoms with Crippen LogP contribution in [-0.2, 0) is 7.05 Å². The molecule has 0 fully saturated rings. The molecule has 0 amide bonds. The van der Waals surface area contributed by atoms with E-state index in [1.807, 2.05) is 13.8 Å². The summed E-state index contributed by atoms with van der Waals surface area (Å²) in [5.74, 6) is -0.248. The first-order valence-electron chi connectivity index (χ1n) is 9.51. The van der Waals surface area contributed by atoms with Crippen LogP contribution in [0.1, 0.15) is 13.8 Å². The minimum absolute atomic E-state index is 0.0529. The van der Waals surface area contributed by atoms with Gasteiger partial charge >= 0.3 is 0 Å². The molecule has 158 valence electrons. The Morgan fingerprint density at radius 2 is 1.97 bits per heavy atom. The third-order valence-electron chi connectivity index (χ3n) is 4.49. The number of nitrogens with one attached hydrogen (secondary N) is 1. The van der Waals surface area contributed by atoms with Crippen molar-refractivity contribution in [2.45, 2.75) is 19.9 Å². The predicted molar refractivity (Wildman–Crippen MR) is 115 cm³/mol. The van der Waals surface area contributed by atoms with E-state index in [-0.39, 0.29) is 23.2 Å². The molecule has 0 spiro atoms. The average Bonchev–Trinajstić information content (AvgIpc) is 2.74. The van der Waals surface area contributed by atoms with Crippen molar-refractivity contribution in [1.82, 2.24) is 24.5 Å². The van der Waals surface area contributed by atoms with Gasteiger partial charge in [0.15, 0.2) is 17.2 Å². The number of nitrogen functional groups attached to an aromatic ring is 1. The third kappa shape index (κ3) is 4.00. The molecule has 0 saturated carbocycles. The van der Waals surface area contributed by atoms with Gasteiger partial charge in [0.25, 0.3) is 5.56 Å². The standard InChI is InChI=1S/C21H20FN7O2/c1-11(2)27-21-26-10-14(20(30)29(21)3)15-5-4-12-8-13(9-25-19(12)28-15)31-16-6-7-24-18(23)17(16)22/h4-11H,1-3H3,(H2,23,24)(H,26,27). The number of halogens is 1. The zero-order chi connectivity index (χ0) is 22.1. The van der Waals surface area contributed by atoms with Crippen molar-refractivity contribution in [3.8, 4) is 22.8 Å². The molecule has 31 heavy (non-hydrogen) atoms. The van der Waals surface area contributed by atoms with Gasteiger partial charge in [0, 0.05) is 36.9 Å². The van der Waals surface area contributed by atoms with Gasteiger partial charge in [0.05, 0.1) is 17.5 Å². The number of rotatable bonds is 5. The molecule has 0 unspecified atom stereocenters. The summed E-state index contributed by atoms with van der Waals surface area (Å²) >= 11 is 0. The molecule has 0 aliphatic heterocycles. The molecular weight excluding hydrogens is 401 g/mol. The van der Waals surface area contributed by atoms with Gasteiger partial charge in [-0.15, -0.1) is 0 Å². The largest absolute Gasteiger partial charge is 0.452 e. The molecule has 0 atom stereocenters. The molecule has 10 heteroatoms. The number of nitrogens with zero attached hydrogens (tertiary/aromatic N) is 5. The number of nitrogens with two attached hydrogens (primary N) is 1. The monoisotopic (exact) mass is 421 g/mol. The lowest BCUT2D eigenvalue weighted by molar-refractivity contribution is 0.441. The summed E-state index contributed by atoms with van der Waals surface area (Å²) in [6.45, 7) is 3.93. The van der Waals surface area contributed by atoms with E-state index in [4.69, 9.17) is 10.5 Å². The van der Waals surface area contributed by atoms with Crippen molar-refractivity contribution < 1.29 is 9.13 Å². The fraction of sp³-hybridized carbons (Fsp3) is 0.190. The van der Waals surface area contributed by atoms with Gasteiger partial charge in [-0.25, -0.2) is 19.9 Å². The van der Waals surface area contributed by atoms with Crippen molar-refractivity contribution in [1.29, 1.82) is 0 Å². The van der Waals surface area contributed by atoms with E-state index in [0.717, 1.165) is 0 Å². The van der Waals surface area contributed by atoms with Crippen LogP contribution >= 0.6 is 0 Å². The molecule has 4 aromatic heterocycles. The molecule has 0 aliphatic rings. The molecule has 4 aromatic rings. The van der Waals surface area contributed by atoms with Crippen molar-refractivity contribution >= 4 is 22.8 Å². The van der Waals surface area contributed by atoms with Gasteiger partial charge in [0.2, 0.25) is 11.8 Å². The van der Waals surface area contributed by atoms with Crippen LogP contribution in [0, 0.1) is 5.82 Å². The Morgan fingerprint density at radius 1 is 1.16 bits per heavy atom. The fourth-order valence-corrected chi connectivity index (χ4v) is 2.96. The number of pyridine rings is 3. The Kier molecular flexibility index (Phi) is 5.20. The highest BCUT2D eigenvalue weighted by molar-refractivity contribution is 5.79. The van der Waals surface area contributed by atoms with Crippen LogP contribution in [-0.4, -0.2) is 30.5 Å². The normalized spacial score (nSPS) is 11.1. The summed E-state index contributed by atoms with van der Waals surface area (Å²) in [7, 11) is 1.65. The number of hydrogen-bond donors (Lipinski definition) is 2. The Labute approximate surface area is 176 Å². The quantitative estimate of drug-likeness (QED) is 0.504. The molecule has 0 aromatic carbocycles. The number of fused-ring (bicyclic) bond motifs is 1. The maximum Gasteiger partial charge on any atom is 0.264 e. The summed E-state index contributed by atoms with van der Waals surface area (Å²) in [4.78, 5) is 29.5. The van der Waals surface area contributed by atoms with Gasteiger partial charge in [-0.1, -0.05) is 0 Å². The molecule has 4 rings (SSSR count). The van der Waals surface area contributed by atoms with E-state index in [9.17, 15) is 9.18 Å². The van der Waals surface area contributed by atoms with E-state index < -0.39 is 5.82 Å². The topological polar surface area (TPSA) is 121 Å². The SMILES string of the molecule is CC(C)Nc1ncc(-c2ccc3cc(Oc4ccnc(N)c4F)cnc3n2)c(=O)n1C. The van der Waals surface area contributed by atoms with Gasteiger partial charge in [-0.3, -0.25) is 9.36 Å². The van der Waals surface area contributed by atoms with Crippen LogP contribution in [0.25, 0.3) is 22.3 Å². The highest BCUT2D eigenvalue weighted by Crippen LogP contribution is 2.28. The molecule has 0 radical (unpaired) electrons. The Morgan fingerprint density at radius 3 is 2.74 bits per heavy atom. The highest BCUT2D eigenvalue weighted by Gasteiger charge is 2.13. The third-order valence-corrected chi connectivity index (χ3v) is 4.49.